The zero-order valence-electron chi connectivity index (χ0n) is 20.5. The van der Waals surface area contributed by atoms with Gasteiger partial charge >= 0.3 is 0 Å². The first-order valence-corrected chi connectivity index (χ1v) is 13.1. The summed E-state index contributed by atoms with van der Waals surface area (Å²) in [6, 6.07) is 25.3. The molecule has 0 fully saturated rings. The van der Waals surface area contributed by atoms with E-state index in [1.165, 1.54) is 43.5 Å². The number of hydrogen-bond donors (Lipinski definition) is 3. The van der Waals surface area contributed by atoms with Crippen molar-refractivity contribution in [2.75, 3.05) is 11.9 Å². The molecule has 38 heavy (non-hydrogen) atoms. The van der Waals surface area contributed by atoms with Crippen LogP contribution in [0.4, 0.5) is 5.69 Å². The molecule has 3 N–H and O–H groups in total. The number of benzene rings is 4. The Hall–Kier alpha value is -4.54. The van der Waals surface area contributed by atoms with E-state index < -0.39 is 22.5 Å². The summed E-state index contributed by atoms with van der Waals surface area (Å²) >= 11 is 0. The molecular formula is C28H26N4O5S. The van der Waals surface area contributed by atoms with Gasteiger partial charge in [-0.05, 0) is 46.7 Å². The Bertz CT molecular complexity index is 1590. The molecule has 0 aromatic heterocycles. The topological polar surface area (TPSA) is 128 Å². The Labute approximate surface area is 220 Å². The smallest absolute Gasteiger partial charge is 0.255 e. The number of phenols is 1. The Kier molecular flexibility index (Phi) is 8.15. The summed E-state index contributed by atoms with van der Waals surface area (Å²) in [5.41, 5.74) is 3.94. The summed E-state index contributed by atoms with van der Waals surface area (Å²) in [4.78, 5) is 24.0. The molecule has 0 saturated carbocycles. The first kappa shape index (κ1) is 26.5. The predicted molar refractivity (Wildman–Crippen MR) is 146 cm³/mol. The number of anilines is 1. The maximum absolute atomic E-state index is 13.5. The number of nitrogens with one attached hydrogen (secondary N) is 2. The first-order chi connectivity index (χ1) is 18.2. The number of fused-ring (bicyclic) bond motifs is 1. The van der Waals surface area contributed by atoms with Crippen LogP contribution in [0.3, 0.4) is 0 Å². The van der Waals surface area contributed by atoms with E-state index in [1.807, 2.05) is 30.3 Å². The molecule has 0 atom stereocenters. The van der Waals surface area contributed by atoms with Gasteiger partial charge < -0.3 is 10.4 Å². The molecule has 0 aliphatic heterocycles. The molecule has 0 aliphatic rings. The molecule has 0 radical (unpaired) electrons. The Morgan fingerprint density at radius 3 is 2.32 bits per heavy atom. The molecule has 0 bridgehead atoms. The van der Waals surface area contributed by atoms with E-state index in [4.69, 9.17) is 0 Å². The van der Waals surface area contributed by atoms with Gasteiger partial charge in [0.2, 0.25) is 15.9 Å². The summed E-state index contributed by atoms with van der Waals surface area (Å²) in [7, 11) is -4.08. The maximum Gasteiger partial charge on any atom is 0.255 e. The SMILES string of the molecule is CC(=O)Nc1ccc(S(=O)(=O)N(CC(=O)NN=Cc2c(O)ccc3ccccc23)Cc2ccccc2)cc1. The van der Waals surface area contributed by atoms with Crippen LogP contribution in [0.1, 0.15) is 18.1 Å². The van der Waals surface area contributed by atoms with Crippen LogP contribution < -0.4 is 10.7 Å². The van der Waals surface area contributed by atoms with E-state index in [1.54, 1.807) is 30.3 Å². The monoisotopic (exact) mass is 530 g/mol. The molecule has 2 amide bonds. The Morgan fingerprint density at radius 1 is 0.921 bits per heavy atom. The highest BCUT2D eigenvalue weighted by Crippen LogP contribution is 2.25. The molecule has 0 aliphatic carbocycles. The lowest BCUT2D eigenvalue weighted by Gasteiger charge is -2.21. The van der Waals surface area contributed by atoms with Gasteiger partial charge in [0, 0.05) is 24.7 Å². The largest absolute Gasteiger partial charge is 0.507 e. The van der Waals surface area contributed by atoms with Crippen LogP contribution in [0.25, 0.3) is 10.8 Å². The van der Waals surface area contributed by atoms with Crippen molar-refractivity contribution < 1.29 is 23.1 Å². The van der Waals surface area contributed by atoms with Crippen molar-refractivity contribution in [2.24, 2.45) is 5.10 Å². The third-order valence-electron chi connectivity index (χ3n) is 5.66. The fraction of sp³-hybridized carbons (Fsp3) is 0.107. The van der Waals surface area contributed by atoms with E-state index >= 15 is 0 Å². The summed E-state index contributed by atoms with van der Waals surface area (Å²) in [6.45, 7) is 0.816. The molecule has 194 valence electrons. The quantitative estimate of drug-likeness (QED) is 0.224. The lowest BCUT2D eigenvalue weighted by atomic mass is 10.0. The van der Waals surface area contributed by atoms with Crippen LogP contribution >= 0.6 is 0 Å². The minimum absolute atomic E-state index is 0.00214. The number of carbonyl (C=O) groups is 2. The number of rotatable bonds is 9. The third kappa shape index (κ3) is 6.41. The maximum atomic E-state index is 13.5. The normalized spacial score (nSPS) is 11.6. The number of hydrogen-bond acceptors (Lipinski definition) is 6. The Balaban J connectivity index is 1.54. The predicted octanol–water partition coefficient (Wildman–Crippen LogP) is 3.85. The number of sulfonamides is 1. The van der Waals surface area contributed by atoms with Crippen molar-refractivity contribution in [3.05, 3.63) is 102 Å². The second kappa shape index (κ2) is 11.7. The minimum atomic E-state index is -4.08. The highest BCUT2D eigenvalue weighted by atomic mass is 32.2. The van der Waals surface area contributed by atoms with Crippen LogP contribution in [0.15, 0.2) is 101 Å². The molecule has 0 unspecified atom stereocenters. The minimum Gasteiger partial charge on any atom is -0.507 e. The van der Waals surface area contributed by atoms with Crippen molar-refractivity contribution >= 4 is 44.5 Å². The fourth-order valence-corrected chi connectivity index (χ4v) is 5.24. The van der Waals surface area contributed by atoms with Gasteiger partial charge in [-0.3, -0.25) is 9.59 Å². The number of nitrogens with zero attached hydrogens (tertiary/aromatic N) is 2. The van der Waals surface area contributed by atoms with E-state index in [0.717, 1.165) is 15.1 Å². The van der Waals surface area contributed by atoms with Crippen LogP contribution in [0.2, 0.25) is 0 Å². The van der Waals surface area contributed by atoms with Gasteiger partial charge in [0.05, 0.1) is 17.7 Å². The van der Waals surface area contributed by atoms with Crippen molar-refractivity contribution in [2.45, 2.75) is 18.4 Å². The van der Waals surface area contributed by atoms with Gasteiger partial charge in [-0.2, -0.15) is 9.41 Å². The van der Waals surface area contributed by atoms with Gasteiger partial charge in [-0.1, -0.05) is 60.7 Å². The molecule has 0 spiro atoms. The lowest BCUT2D eigenvalue weighted by molar-refractivity contribution is -0.121. The fourth-order valence-electron chi connectivity index (χ4n) is 3.86. The van der Waals surface area contributed by atoms with Crippen LogP contribution in [-0.4, -0.2) is 42.4 Å². The molecular weight excluding hydrogens is 504 g/mol. The van der Waals surface area contributed by atoms with Gasteiger partial charge in [0.1, 0.15) is 5.75 Å². The average molecular weight is 531 g/mol. The molecule has 10 heteroatoms. The summed E-state index contributed by atoms with van der Waals surface area (Å²) < 4.78 is 28.0. The molecule has 4 aromatic rings. The standard InChI is InChI=1S/C28H26N4O5S/c1-20(33)30-23-12-14-24(15-13-23)38(36,37)32(18-21-7-3-2-4-8-21)19-28(35)31-29-17-26-25-10-6-5-9-22(25)11-16-27(26)34/h2-17,34H,18-19H2,1H3,(H,30,33)(H,31,35). The number of aromatic hydroxyl groups is 1. The number of phenolic OH excluding ortho intramolecular Hbond substituents is 1. The van der Waals surface area contributed by atoms with Crippen LogP contribution in [0, 0.1) is 0 Å². The van der Waals surface area contributed by atoms with Crippen molar-refractivity contribution in [1.82, 2.24) is 9.73 Å². The lowest BCUT2D eigenvalue weighted by Crippen LogP contribution is -2.39. The highest BCUT2D eigenvalue weighted by Gasteiger charge is 2.27. The second-order valence-electron chi connectivity index (χ2n) is 8.48. The summed E-state index contributed by atoms with van der Waals surface area (Å²) in [6.07, 6.45) is 1.33. The third-order valence-corrected chi connectivity index (χ3v) is 7.47. The summed E-state index contributed by atoms with van der Waals surface area (Å²) in [5.74, 6) is -0.937. The highest BCUT2D eigenvalue weighted by molar-refractivity contribution is 7.89. The Morgan fingerprint density at radius 2 is 1.61 bits per heavy atom. The van der Waals surface area contributed by atoms with Crippen LogP contribution in [0.5, 0.6) is 5.75 Å². The van der Waals surface area contributed by atoms with Crippen molar-refractivity contribution in [1.29, 1.82) is 0 Å². The number of amides is 2. The van der Waals surface area contributed by atoms with E-state index in [9.17, 15) is 23.1 Å². The van der Waals surface area contributed by atoms with E-state index in [2.05, 4.69) is 15.8 Å². The van der Waals surface area contributed by atoms with Crippen molar-refractivity contribution in [3.63, 3.8) is 0 Å². The number of carbonyl (C=O) groups excluding carboxylic acids is 2. The molecule has 0 heterocycles. The second-order valence-corrected chi connectivity index (χ2v) is 10.4. The van der Waals surface area contributed by atoms with E-state index in [0.29, 0.717) is 16.8 Å². The molecule has 4 rings (SSSR count). The average Bonchev–Trinajstić information content (AvgIpc) is 2.90. The zero-order chi connectivity index (χ0) is 27.1. The van der Waals surface area contributed by atoms with Crippen LogP contribution in [-0.2, 0) is 26.2 Å². The zero-order valence-corrected chi connectivity index (χ0v) is 21.4. The molecule has 9 nitrogen and oxygen atoms in total. The molecule has 4 aromatic carbocycles. The van der Waals surface area contributed by atoms with Crippen molar-refractivity contribution in [3.8, 4) is 5.75 Å². The molecule has 0 saturated heterocycles. The first-order valence-electron chi connectivity index (χ1n) is 11.7. The van der Waals surface area contributed by atoms with Gasteiger partial charge in [-0.15, -0.1) is 0 Å². The van der Waals surface area contributed by atoms with Gasteiger partial charge in [-0.25, -0.2) is 13.8 Å². The van der Waals surface area contributed by atoms with Gasteiger partial charge in [0.15, 0.2) is 0 Å². The van der Waals surface area contributed by atoms with Gasteiger partial charge in [0.25, 0.3) is 5.91 Å². The van der Waals surface area contributed by atoms with E-state index in [-0.39, 0.29) is 23.1 Å². The number of hydrazone groups is 1. The summed E-state index contributed by atoms with van der Waals surface area (Å²) in [5, 5.41) is 18.5.